The van der Waals surface area contributed by atoms with Crippen molar-refractivity contribution in [1.29, 1.82) is 0 Å². The van der Waals surface area contributed by atoms with Gasteiger partial charge in [-0.1, -0.05) is 0 Å². The Morgan fingerprint density at radius 2 is 2.25 bits per heavy atom. The van der Waals surface area contributed by atoms with Crippen LogP contribution >= 0.6 is 0 Å². The molecule has 86 valence electrons. The van der Waals surface area contributed by atoms with E-state index in [4.69, 9.17) is 5.73 Å². The molecule has 0 unspecified atom stereocenters. The highest BCUT2D eigenvalue weighted by atomic mass is 15.1. The predicted octanol–water partition coefficient (Wildman–Crippen LogP) is 0.526. The van der Waals surface area contributed by atoms with Crippen LogP contribution in [0.3, 0.4) is 0 Å². The quantitative estimate of drug-likeness (QED) is 0.691. The third-order valence-electron chi connectivity index (χ3n) is 3.21. The second kappa shape index (κ2) is 3.90. The summed E-state index contributed by atoms with van der Waals surface area (Å²) in [5, 5.41) is 6.57. The monoisotopic (exact) mass is 219 g/mol. The van der Waals surface area contributed by atoms with Gasteiger partial charge in [-0.25, -0.2) is 4.98 Å². The zero-order chi connectivity index (χ0) is 11.0. The van der Waals surface area contributed by atoms with Gasteiger partial charge in [0.1, 0.15) is 5.82 Å². The van der Waals surface area contributed by atoms with E-state index >= 15 is 0 Å². The summed E-state index contributed by atoms with van der Waals surface area (Å²) in [6.07, 6.45) is 3.59. The van der Waals surface area contributed by atoms with E-state index in [1.54, 1.807) is 0 Å². The van der Waals surface area contributed by atoms with Crippen molar-refractivity contribution in [3.05, 3.63) is 11.3 Å². The number of anilines is 2. The second-order valence-corrected chi connectivity index (χ2v) is 4.61. The Balaban J connectivity index is 1.80. The molecule has 4 N–H and O–H groups in total. The summed E-state index contributed by atoms with van der Waals surface area (Å²) in [5.74, 6) is 2.15. The minimum absolute atomic E-state index is 0.643. The summed E-state index contributed by atoms with van der Waals surface area (Å²) in [6.45, 7) is 2.75. The van der Waals surface area contributed by atoms with Gasteiger partial charge in [0.05, 0.1) is 5.69 Å². The lowest BCUT2D eigenvalue weighted by molar-refractivity contribution is 0.625. The van der Waals surface area contributed by atoms with E-state index in [0.29, 0.717) is 11.8 Å². The number of hydrogen-bond acceptors (Lipinski definition) is 5. The van der Waals surface area contributed by atoms with Gasteiger partial charge in [0.25, 0.3) is 0 Å². The van der Waals surface area contributed by atoms with Crippen molar-refractivity contribution < 1.29 is 0 Å². The molecule has 1 aromatic heterocycles. The van der Waals surface area contributed by atoms with Gasteiger partial charge >= 0.3 is 0 Å². The lowest BCUT2D eigenvalue weighted by Crippen LogP contribution is -2.26. The fourth-order valence-electron chi connectivity index (χ4n) is 2.03. The molecule has 5 heteroatoms. The van der Waals surface area contributed by atoms with Gasteiger partial charge < -0.3 is 16.4 Å². The van der Waals surface area contributed by atoms with Gasteiger partial charge in [0.2, 0.25) is 5.95 Å². The summed E-state index contributed by atoms with van der Waals surface area (Å²) in [7, 11) is 0. The van der Waals surface area contributed by atoms with Crippen LogP contribution < -0.4 is 16.4 Å². The van der Waals surface area contributed by atoms with E-state index in [0.717, 1.165) is 43.2 Å². The van der Waals surface area contributed by atoms with Gasteiger partial charge in [-0.2, -0.15) is 4.98 Å². The van der Waals surface area contributed by atoms with E-state index in [1.165, 1.54) is 12.8 Å². The van der Waals surface area contributed by atoms with Crippen LogP contribution in [0, 0.1) is 5.92 Å². The molecule has 0 aromatic carbocycles. The zero-order valence-electron chi connectivity index (χ0n) is 9.29. The Bertz CT molecular complexity index is 400. The molecule has 3 rings (SSSR count). The topological polar surface area (TPSA) is 75.9 Å². The highest BCUT2D eigenvalue weighted by molar-refractivity contribution is 5.48. The first kappa shape index (κ1) is 9.84. The van der Waals surface area contributed by atoms with Crippen molar-refractivity contribution in [3.8, 4) is 0 Å². The van der Waals surface area contributed by atoms with Crippen molar-refractivity contribution in [2.24, 2.45) is 5.92 Å². The van der Waals surface area contributed by atoms with Crippen LogP contribution in [0.5, 0.6) is 0 Å². The van der Waals surface area contributed by atoms with Crippen LogP contribution in [0.1, 0.15) is 24.1 Å². The molecule has 0 bridgehead atoms. The van der Waals surface area contributed by atoms with Crippen LogP contribution in [0.15, 0.2) is 0 Å². The number of nitrogen functional groups attached to an aromatic ring is 1. The Morgan fingerprint density at radius 3 is 3.06 bits per heavy atom. The van der Waals surface area contributed by atoms with E-state index in [2.05, 4.69) is 20.6 Å². The Morgan fingerprint density at radius 1 is 1.38 bits per heavy atom. The van der Waals surface area contributed by atoms with Crippen molar-refractivity contribution >= 4 is 11.8 Å². The molecule has 1 fully saturated rings. The number of fused-ring (bicyclic) bond motifs is 1. The number of nitrogens with zero attached hydrogens (tertiary/aromatic N) is 2. The molecule has 0 atom stereocenters. The SMILES string of the molecule is Nc1nc(NCC2CC2)nc2c1CCNC2. The van der Waals surface area contributed by atoms with E-state index in [-0.39, 0.29) is 0 Å². The largest absolute Gasteiger partial charge is 0.383 e. The fourth-order valence-corrected chi connectivity index (χ4v) is 2.03. The first-order chi connectivity index (χ1) is 7.83. The molecule has 1 aliphatic heterocycles. The number of nitrogens with one attached hydrogen (secondary N) is 2. The summed E-state index contributed by atoms with van der Waals surface area (Å²) >= 11 is 0. The van der Waals surface area contributed by atoms with Gasteiger partial charge in [0, 0.05) is 18.7 Å². The number of rotatable bonds is 3. The Hall–Kier alpha value is -1.36. The molecule has 1 saturated carbocycles. The summed E-state index contributed by atoms with van der Waals surface area (Å²) < 4.78 is 0. The minimum atomic E-state index is 0.643. The first-order valence-corrected chi connectivity index (χ1v) is 5.93. The second-order valence-electron chi connectivity index (χ2n) is 4.61. The smallest absolute Gasteiger partial charge is 0.224 e. The maximum absolute atomic E-state index is 5.95. The fraction of sp³-hybridized carbons (Fsp3) is 0.636. The lowest BCUT2D eigenvalue weighted by atomic mass is 10.1. The normalized spacial score (nSPS) is 19.2. The standard InChI is InChI=1S/C11H17N5/c12-10-8-3-4-13-6-9(8)15-11(16-10)14-5-7-1-2-7/h7,13H,1-6H2,(H3,12,14,15,16). The highest BCUT2D eigenvalue weighted by Gasteiger charge is 2.22. The van der Waals surface area contributed by atoms with Crippen LogP contribution in [-0.2, 0) is 13.0 Å². The lowest BCUT2D eigenvalue weighted by Gasteiger charge is -2.18. The molecule has 0 spiro atoms. The molecule has 0 saturated heterocycles. The number of nitrogens with two attached hydrogens (primary N) is 1. The van der Waals surface area contributed by atoms with Crippen LogP contribution in [0.4, 0.5) is 11.8 Å². The molecule has 1 aromatic rings. The molecule has 1 aliphatic carbocycles. The molecule has 0 amide bonds. The van der Waals surface area contributed by atoms with Crippen molar-refractivity contribution in [2.45, 2.75) is 25.8 Å². The Kier molecular flexibility index (Phi) is 2.40. The van der Waals surface area contributed by atoms with Crippen LogP contribution in [-0.4, -0.2) is 23.1 Å². The van der Waals surface area contributed by atoms with Gasteiger partial charge in [0.15, 0.2) is 0 Å². The average molecular weight is 219 g/mol. The van der Waals surface area contributed by atoms with Crippen LogP contribution in [0.25, 0.3) is 0 Å². The maximum atomic E-state index is 5.95. The van der Waals surface area contributed by atoms with Gasteiger partial charge in [-0.05, 0) is 31.7 Å². The summed E-state index contributed by atoms with van der Waals surface area (Å²) in [6, 6.07) is 0. The highest BCUT2D eigenvalue weighted by Crippen LogP contribution is 2.28. The van der Waals surface area contributed by atoms with E-state index in [9.17, 15) is 0 Å². The Labute approximate surface area is 94.9 Å². The average Bonchev–Trinajstić information content (AvgIpc) is 3.10. The van der Waals surface area contributed by atoms with Gasteiger partial charge in [-0.15, -0.1) is 0 Å². The first-order valence-electron chi connectivity index (χ1n) is 5.93. The molecular weight excluding hydrogens is 202 g/mol. The molecule has 16 heavy (non-hydrogen) atoms. The summed E-state index contributed by atoms with van der Waals surface area (Å²) in [4.78, 5) is 8.82. The molecular formula is C11H17N5. The van der Waals surface area contributed by atoms with E-state index < -0.39 is 0 Å². The maximum Gasteiger partial charge on any atom is 0.224 e. The predicted molar refractivity (Wildman–Crippen MR) is 63.1 cm³/mol. The number of aromatic nitrogens is 2. The van der Waals surface area contributed by atoms with Crippen molar-refractivity contribution in [2.75, 3.05) is 24.1 Å². The van der Waals surface area contributed by atoms with Crippen molar-refractivity contribution in [3.63, 3.8) is 0 Å². The van der Waals surface area contributed by atoms with Gasteiger partial charge in [-0.3, -0.25) is 0 Å². The molecule has 5 nitrogen and oxygen atoms in total. The van der Waals surface area contributed by atoms with Crippen LogP contribution in [0.2, 0.25) is 0 Å². The molecule has 0 radical (unpaired) electrons. The third kappa shape index (κ3) is 1.95. The van der Waals surface area contributed by atoms with Crippen molar-refractivity contribution in [1.82, 2.24) is 15.3 Å². The number of hydrogen-bond donors (Lipinski definition) is 3. The summed E-state index contributed by atoms with van der Waals surface area (Å²) in [5.41, 5.74) is 8.12. The van der Waals surface area contributed by atoms with E-state index in [1.807, 2.05) is 0 Å². The zero-order valence-corrected chi connectivity index (χ0v) is 9.29. The molecule has 2 heterocycles. The third-order valence-corrected chi connectivity index (χ3v) is 3.21. The minimum Gasteiger partial charge on any atom is -0.383 e. The molecule has 2 aliphatic rings.